The molecular formula is C9H8N2O2S. The van der Waals surface area contributed by atoms with E-state index in [1.165, 1.54) is 0 Å². The fraction of sp³-hybridized carbons (Fsp3) is 0.111. The number of aliphatic hydroxyl groups is 1. The molecule has 1 N–H and O–H groups in total. The number of aliphatic hydroxyl groups excluding tert-OH is 1. The van der Waals surface area contributed by atoms with E-state index >= 15 is 0 Å². The van der Waals surface area contributed by atoms with E-state index in [-0.39, 0.29) is 12.2 Å². The summed E-state index contributed by atoms with van der Waals surface area (Å²) in [6, 6.07) is 3.48. The number of fused-ring (bicyclic) bond motifs is 1. The Kier molecular flexibility index (Phi) is 2.18. The Labute approximate surface area is 83.5 Å². The highest BCUT2D eigenvalue weighted by molar-refractivity contribution is 7.20. The molecule has 0 saturated heterocycles. The number of pyridine rings is 1. The second-order valence-electron chi connectivity index (χ2n) is 2.88. The van der Waals surface area contributed by atoms with E-state index in [1.807, 2.05) is 0 Å². The predicted octanol–water partition coefficient (Wildman–Crippen LogP) is 1.97. The molecule has 0 aliphatic carbocycles. The fourth-order valence-electron chi connectivity index (χ4n) is 1.24. The topological polar surface area (TPSA) is 69.1 Å². The molecule has 2 heterocycles. The zero-order valence-electron chi connectivity index (χ0n) is 7.30. The van der Waals surface area contributed by atoms with Gasteiger partial charge in [0.2, 0.25) is 4.88 Å². The second-order valence-corrected chi connectivity index (χ2v) is 4.05. The van der Waals surface area contributed by atoms with Gasteiger partial charge in [-0.3, -0.25) is 0 Å². The molecule has 2 rings (SSSR count). The number of allylic oxidation sites excluding steroid dienone is 1. The summed E-state index contributed by atoms with van der Waals surface area (Å²) in [5.74, 6) is -0.0259. The highest BCUT2D eigenvalue weighted by Gasteiger charge is 2.17. The van der Waals surface area contributed by atoms with Crippen LogP contribution in [0.4, 0.5) is 0 Å². The van der Waals surface area contributed by atoms with Crippen LogP contribution in [0.5, 0.6) is 0 Å². The van der Waals surface area contributed by atoms with Crippen LogP contribution in [0.3, 0.4) is 0 Å². The normalized spacial score (nSPS) is 11.9. The monoisotopic (exact) mass is 208 g/mol. The SMILES string of the molecule is C=C(O)Cc1c2ncccc2n[s+]1[O-]. The molecule has 0 radical (unpaired) electrons. The minimum absolute atomic E-state index is 0.0259. The lowest BCUT2D eigenvalue weighted by molar-refractivity contribution is 0.402. The summed E-state index contributed by atoms with van der Waals surface area (Å²) in [5.41, 5.74) is 1.21. The first-order chi connectivity index (χ1) is 6.68. The van der Waals surface area contributed by atoms with Crippen molar-refractivity contribution in [3.63, 3.8) is 0 Å². The lowest BCUT2D eigenvalue weighted by Gasteiger charge is -1.93. The first-order valence-corrected chi connectivity index (χ1v) is 5.11. The van der Waals surface area contributed by atoms with Gasteiger partial charge in [-0.2, -0.15) is 0 Å². The Morgan fingerprint density at radius 3 is 3.14 bits per heavy atom. The van der Waals surface area contributed by atoms with E-state index in [4.69, 9.17) is 5.11 Å². The quantitative estimate of drug-likeness (QED) is 0.605. The van der Waals surface area contributed by atoms with Crippen molar-refractivity contribution in [2.75, 3.05) is 0 Å². The summed E-state index contributed by atoms with van der Waals surface area (Å²) in [6.07, 6.45) is 1.77. The van der Waals surface area contributed by atoms with E-state index in [1.54, 1.807) is 18.3 Å². The molecular weight excluding hydrogens is 200 g/mol. The zero-order valence-corrected chi connectivity index (χ0v) is 8.12. The Morgan fingerprint density at radius 1 is 1.64 bits per heavy atom. The van der Waals surface area contributed by atoms with Crippen molar-refractivity contribution in [2.24, 2.45) is 0 Å². The minimum Gasteiger partial charge on any atom is -0.569 e. The van der Waals surface area contributed by atoms with E-state index < -0.39 is 10.9 Å². The maximum absolute atomic E-state index is 11.5. The molecule has 0 spiro atoms. The molecule has 72 valence electrons. The Balaban J connectivity index is 2.62. The van der Waals surface area contributed by atoms with E-state index in [0.717, 1.165) is 0 Å². The van der Waals surface area contributed by atoms with Gasteiger partial charge in [0.25, 0.3) is 0 Å². The fourth-order valence-corrected chi connectivity index (χ4v) is 2.29. The molecule has 0 amide bonds. The highest BCUT2D eigenvalue weighted by Crippen LogP contribution is 2.27. The van der Waals surface area contributed by atoms with Gasteiger partial charge in [0.1, 0.15) is 5.52 Å². The lowest BCUT2D eigenvalue weighted by atomic mass is 10.2. The molecule has 0 fully saturated rings. The third kappa shape index (κ3) is 1.47. The molecule has 0 bridgehead atoms. The van der Waals surface area contributed by atoms with Gasteiger partial charge in [-0.15, -0.1) is 0 Å². The first-order valence-electron chi connectivity index (χ1n) is 4.00. The van der Waals surface area contributed by atoms with E-state index in [9.17, 15) is 4.55 Å². The van der Waals surface area contributed by atoms with Crippen LogP contribution in [0.25, 0.3) is 11.0 Å². The average Bonchev–Trinajstić information content (AvgIpc) is 2.43. The molecule has 1 unspecified atom stereocenters. The first kappa shape index (κ1) is 9.11. The van der Waals surface area contributed by atoms with Gasteiger partial charge < -0.3 is 9.66 Å². The van der Waals surface area contributed by atoms with Gasteiger partial charge in [-0.1, -0.05) is 6.58 Å². The maximum atomic E-state index is 11.5. The van der Waals surface area contributed by atoms with Crippen LogP contribution < -0.4 is 0 Å². The van der Waals surface area contributed by atoms with Gasteiger partial charge in [-0.05, 0) is 16.5 Å². The number of hydrogen-bond acceptors (Lipinski definition) is 4. The van der Waals surface area contributed by atoms with E-state index in [0.29, 0.717) is 15.9 Å². The number of aromatic nitrogens is 2. The van der Waals surface area contributed by atoms with Crippen LogP contribution in [-0.4, -0.2) is 19.0 Å². The Bertz CT molecular complexity index is 493. The number of rotatable bonds is 2. The lowest BCUT2D eigenvalue weighted by Crippen LogP contribution is -1.87. The van der Waals surface area contributed by atoms with E-state index in [2.05, 4.69) is 15.9 Å². The second kappa shape index (κ2) is 3.36. The highest BCUT2D eigenvalue weighted by atomic mass is 32.2. The summed E-state index contributed by atoms with van der Waals surface area (Å²) in [4.78, 5) is 4.59. The Morgan fingerprint density at radius 2 is 2.43 bits per heavy atom. The standard InChI is InChI=1S/C9H8N2O2S/c1-6(12)5-8-9-7(11-14(8)13)3-2-4-10-9/h2-4,12H,1,5H2. The van der Waals surface area contributed by atoms with Crippen molar-refractivity contribution in [3.8, 4) is 0 Å². The smallest absolute Gasteiger partial charge is 0.209 e. The molecule has 4 nitrogen and oxygen atoms in total. The van der Waals surface area contributed by atoms with Gasteiger partial charge in [-0.25, -0.2) is 4.98 Å². The van der Waals surface area contributed by atoms with Crippen molar-refractivity contribution in [1.82, 2.24) is 9.36 Å². The molecule has 5 heteroatoms. The van der Waals surface area contributed by atoms with Crippen LogP contribution in [0.2, 0.25) is 0 Å². The molecule has 1 atom stereocenters. The Hall–Kier alpha value is -1.46. The zero-order chi connectivity index (χ0) is 10.1. The molecule has 2 aromatic rings. The third-order valence-corrected chi connectivity index (χ3v) is 2.93. The molecule has 0 saturated carbocycles. The van der Waals surface area contributed by atoms with Crippen LogP contribution in [0.15, 0.2) is 30.7 Å². The van der Waals surface area contributed by atoms with Crippen LogP contribution in [0, 0.1) is 0 Å². The minimum atomic E-state index is -1.42. The summed E-state index contributed by atoms with van der Waals surface area (Å²) in [6.45, 7) is 3.36. The van der Waals surface area contributed by atoms with Crippen molar-refractivity contribution < 1.29 is 9.66 Å². The van der Waals surface area contributed by atoms with Crippen LogP contribution >= 0.6 is 10.9 Å². The van der Waals surface area contributed by atoms with Gasteiger partial charge in [0, 0.05) is 6.20 Å². The summed E-state index contributed by atoms with van der Waals surface area (Å²) < 4.78 is 15.4. The molecule has 14 heavy (non-hydrogen) atoms. The van der Waals surface area contributed by atoms with Gasteiger partial charge >= 0.3 is 0 Å². The number of nitrogens with zero attached hydrogens (tertiary/aromatic N) is 2. The average molecular weight is 208 g/mol. The summed E-state index contributed by atoms with van der Waals surface area (Å²) in [5, 5.41) is 9.04. The maximum Gasteiger partial charge on any atom is 0.209 e. The van der Waals surface area contributed by atoms with Crippen molar-refractivity contribution >= 4 is 22.0 Å². The molecule has 0 aliphatic heterocycles. The van der Waals surface area contributed by atoms with Crippen molar-refractivity contribution in [3.05, 3.63) is 35.5 Å². The third-order valence-electron chi connectivity index (χ3n) is 1.81. The predicted molar refractivity (Wildman–Crippen MR) is 53.7 cm³/mol. The molecule has 0 aromatic carbocycles. The van der Waals surface area contributed by atoms with Crippen LogP contribution in [-0.2, 0) is 6.42 Å². The van der Waals surface area contributed by atoms with Crippen LogP contribution in [0.1, 0.15) is 4.88 Å². The van der Waals surface area contributed by atoms with Gasteiger partial charge in [0.15, 0.2) is 5.52 Å². The summed E-state index contributed by atoms with van der Waals surface area (Å²) >= 11 is 0. The number of hydrogen-bond donors (Lipinski definition) is 1. The largest absolute Gasteiger partial charge is 0.569 e. The van der Waals surface area contributed by atoms with Crippen molar-refractivity contribution in [2.45, 2.75) is 6.42 Å². The van der Waals surface area contributed by atoms with Gasteiger partial charge in [0.05, 0.1) is 23.1 Å². The molecule has 2 aromatic heterocycles. The molecule has 0 aliphatic rings. The summed E-state index contributed by atoms with van der Waals surface area (Å²) in [7, 11) is -1.42. The van der Waals surface area contributed by atoms with Crippen molar-refractivity contribution in [1.29, 1.82) is 0 Å².